The SMILES string of the molecule is COc1ccccc1COC(=O)CC(CC(=O)OCc1ccccc1OC)(CC(C)C)CC(C)C. The molecule has 0 saturated carbocycles. The van der Waals surface area contributed by atoms with E-state index in [1.807, 2.05) is 48.5 Å². The Hall–Kier alpha value is -3.02. The average Bonchev–Trinajstić information content (AvgIpc) is 2.80. The van der Waals surface area contributed by atoms with Gasteiger partial charge in [0.1, 0.15) is 24.7 Å². The van der Waals surface area contributed by atoms with Crippen LogP contribution < -0.4 is 9.47 Å². The molecule has 0 radical (unpaired) electrons. The molecule has 2 aromatic carbocycles. The van der Waals surface area contributed by atoms with Crippen molar-refractivity contribution in [1.82, 2.24) is 0 Å². The van der Waals surface area contributed by atoms with Crippen LogP contribution in [0.5, 0.6) is 11.5 Å². The van der Waals surface area contributed by atoms with Crippen molar-refractivity contribution in [2.75, 3.05) is 14.2 Å². The Bertz CT molecular complexity index is 872. The van der Waals surface area contributed by atoms with Gasteiger partial charge in [-0.05, 0) is 42.2 Å². The van der Waals surface area contributed by atoms with E-state index in [2.05, 4.69) is 27.7 Å². The summed E-state index contributed by atoms with van der Waals surface area (Å²) in [4.78, 5) is 26.0. The summed E-state index contributed by atoms with van der Waals surface area (Å²) in [6, 6.07) is 14.9. The molecule has 0 aliphatic carbocycles. The largest absolute Gasteiger partial charge is 0.496 e. The van der Waals surface area contributed by atoms with Gasteiger partial charge in [-0.15, -0.1) is 0 Å². The molecule has 6 heteroatoms. The summed E-state index contributed by atoms with van der Waals surface area (Å²) < 4.78 is 22.0. The Kier molecular flexibility index (Phi) is 11.1. The van der Waals surface area contributed by atoms with Crippen LogP contribution in [-0.2, 0) is 32.3 Å². The first-order chi connectivity index (χ1) is 16.7. The monoisotopic (exact) mass is 484 g/mol. The van der Waals surface area contributed by atoms with Gasteiger partial charge >= 0.3 is 11.9 Å². The average molecular weight is 485 g/mol. The third-order valence-corrected chi connectivity index (χ3v) is 5.88. The molecule has 0 aliphatic heterocycles. The van der Waals surface area contributed by atoms with Crippen LogP contribution in [0.25, 0.3) is 0 Å². The molecular weight excluding hydrogens is 444 g/mol. The molecule has 2 rings (SSSR count). The van der Waals surface area contributed by atoms with E-state index < -0.39 is 5.41 Å². The van der Waals surface area contributed by atoms with Crippen LogP contribution in [0.15, 0.2) is 48.5 Å². The first kappa shape index (κ1) is 28.2. The third kappa shape index (κ3) is 9.27. The van der Waals surface area contributed by atoms with Gasteiger partial charge in [-0.25, -0.2) is 0 Å². The molecule has 0 fully saturated rings. The van der Waals surface area contributed by atoms with Gasteiger partial charge in [0.25, 0.3) is 0 Å². The second-order valence-electron chi connectivity index (χ2n) is 9.99. The second kappa shape index (κ2) is 13.8. The summed E-state index contributed by atoms with van der Waals surface area (Å²) in [5, 5.41) is 0. The van der Waals surface area contributed by atoms with Crippen LogP contribution in [0.2, 0.25) is 0 Å². The van der Waals surface area contributed by atoms with Gasteiger partial charge in [0.15, 0.2) is 0 Å². The number of methoxy groups -OCH3 is 2. The van der Waals surface area contributed by atoms with E-state index in [1.54, 1.807) is 14.2 Å². The van der Waals surface area contributed by atoms with E-state index in [9.17, 15) is 9.59 Å². The second-order valence-corrected chi connectivity index (χ2v) is 9.99. The van der Waals surface area contributed by atoms with Crippen molar-refractivity contribution in [3.8, 4) is 11.5 Å². The third-order valence-electron chi connectivity index (χ3n) is 5.88. The van der Waals surface area contributed by atoms with E-state index in [1.165, 1.54) is 0 Å². The number of esters is 2. The Morgan fingerprint density at radius 1 is 0.686 bits per heavy atom. The summed E-state index contributed by atoms with van der Waals surface area (Å²) in [7, 11) is 3.18. The van der Waals surface area contributed by atoms with Gasteiger partial charge in [-0.2, -0.15) is 0 Å². The van der Waals surface area contributed by atoms with E-state index >= 15 is 0 Å². The standard InChI is InChI=1S/C29H40O6/c1-21(2)15-29(16-22(3)4,17-27(30)34-19-23-11-7-9-13-25(23)32-5)18-28(31)35-20-24-12-8-10-14-26(24)33-6/h7-14,21-22H,15-20H2,1-6H3. The van der Waals surface area contributed by atoms with E-state index in [0.29, 0.717) is 23.3 Å². The molecule has 0 unspecified atom stereocenters. The highest BCUT2D eigenvalue weighted by molar-refractivity contribution is 5.74. The number of ether oxygens (including phenoxy) is 4. The zero-order chi connectivity index (χ0) is 25.8. The molecule has 0 bridgehead atoms. The Labute approximate surface area is 209 Å². The lowest BCUT2D eigenvalue weighted by Gasteiger charge is -2.35. The quantitative estimate of drug-likeness (QED) is 0.291. The highest BCUT2D eigenvalue weighted by Crippen LogP contribution is 2.41. The molecule has 192 valence electrons. The highest BCUT2D eigenvalue weighted by Gasteiger charge is 2.38. The Morgan fingerprint density at radius 2 is 1.06 bits per heavy atom. The van der Waals surface area contributed by atoms with E-state index in [0.717, 1.165) is 24.0 Å². The summed E-state index contributed by atoms with van der Waals surface area (Å²) in [5.74, 6) is 1.31. The fourth-order valence-electron chi connectivity index (χ4n) is 4.84. The fraction of sp³-hybridized carbons (Fsp3) is 0.517. The molecule has 0 atom stereocenters. The highest BCUT2D eigenvalue weighted by atomic mass is 16.5. The van der Waals surface area contributed by atoms with Crippen molar-refractivity contribution >= 4 is 11.9 Å². The van der Waals surface area contributed by atoms with Gasteiger partial charge in [-0.1, -0.05) is 64.1 Å². The summed E-state index contributed by atoms with van der Waals surface area (Å²) in [5.41, 5.74) is 1.06. The molecule has 0 aromatic heterocycles. The topological polar surface area (TPSA) is 71.1 Å². The molecular formula is C29H40O6. The smallest absolute Gasteiger partial charge is 0.306 e. The lowest BCUT2D eigenvalue weighted by Crippen LogP contribution is -2.32. The summed E-state index contributed by atoms with van der Waals surface area (Å²) >= 11 is 0. The molecule has 6 nitrogen and oxygen atoms in total. The number of para-hydroxylation sites is 2. The first-order valence-electron chi connectivity index (χ1n) is 12.2. The molecule has 35 heavy (non-hydrogen) atoms. The van der Waals surface area contributed by atoms with Crippen LogP contribution in [0.1, 0.15) is 64.5 Å². The van der Waals surface area contributed by atoms with Crippen molar-refractivity contribution in [3.63, 3.8) is 0 Å². The number of benzene rings is 2. The van der Waals surface area contributed by atoms with Crippen LogP contribution in [0.3, 0.4) is 0 Å². The van der Waals surface area contributed by atoms with E-state index in [-0.39, 0.29) is 38.0 Å². The minimum Gasteiger partial charge on any atom is -0.496 e. The van der Waals surface area contributed by atoms with Gasteiger partial charge in [-0.3, -0.25) is 9.59 Å². The zero-order valence-electron chi connectivity index (χ0n) is 22.0. The number of hydrogen-bond acceptors (Lipinski definition) is 6. The number of carbonyl (C=O) groups is 2. The number of carbonyl (C=O) groups excluding carboxylic acids is 2. The van der Waals surface area contributed by atoms with Crippen molar-refractivity contribution in [2.24, 2.45) is 17.3 Å². The first-order valence-corrected chi connectivity index (χ1v) is 12.2. The minimum absolute atomic E-state index is 0.126. The van der Waals surface area contributed by atoms with Crippen molar-refractivity contribution < 1.29 is 28.5 Å². The van der Waals surface area contributed by atoms with Gasteiger partial charge in [0.2, 0.25) is 0 Å². The maximum Gasteiger partial charge on any atom is 0.306 e. The van der Waals surface area contributed by atoms with Crippen molar-refractivity contribution in [3.05, 3.63) is 59.7 Å². The molecule has 0 amide bonds. The van der Waals surface area contributed by atoms with Gasteiger partial charge in [0, 0.05) is 11.1 Å². The predicted octanol–water partition coefficient (Wildman–Crippen LogP) is 6.35. The Balaban J connectivity index is 2.13. The zero-order valence-corrected chi connectivity index (χ0v) is 22.0. The lowest BCUT2D eigenvalue weighted by atomic mass is 9.69. The minimum atomic E-state index is -0.544. The van der Waals surface area contributed by atoms with Gasteiger partial charge in [0.05, 0.1) is 27.1 Å². The summed E-state index contributed by atoms with van der Waals surface area (Å²) in [6.07, 6.45) is 1.75. The maximum atomic E-state index is 13.0. The molecule has 0 heterocycles. The van der Waals surface area contributed by atoms with Crippen molar-refractivity contribution in [1.29, 1.82) is 0 Å². The van der Waals surface area contributed by atoms with E-state index in [4.69, 9.17) is 18.9 Å². The Morgan fingerprint density at radius 3 is 1.40 bits per heavy atom. The van der Waals surface area contributed by atoms with Crippen LogP contribution in [-0.4, -0.2) is 26.2 Å². The summed E-state index contributed by atoms with van der Waals surface area (Å²) in [6.45, 7) is 8.68. The number of hydrogen-bond donors (Lipinski definition) is 0. The van der Waals surface area contributed by atoms with Crippen LogP contribution in [0.4, 0.5) is 0 Å². The molecule has 0 spiro atoms. The van der Waals surface area contributed by atoms with Crippen LogP contribution >= 0.6 is 0 Å². The molecule has 2 aromatic rings. The van der Waals surface area contributed by atoms with Crippen LogP contribution in [0, 0.1) is 17.3 Å². The number of rotatable bonds is 14. The molecule has 0 aliphatic rings. The maximum absolute atomic E-state index is 13.0. The van der Waals surface area contributed by atoms with Crippen molar-refractivity contribution in [2.45, 2.75) is 66.6 Å². The predicted molar refractivity (Wildman–Crippen MR) is 136 cm³/mol. The normalized spacial score (nSPS) is 11.4. The lowest BCUT2D eigenvalue weighted by molar-refractivity contribution is -0.153. The molecule has 0 N–H and O–H groups in total. The fourth-order valence-corrected chi connectivity index (χ4v) is 4.84. The van der Waals surface area contributed by atoms with Gasteiger partial charge < -0.3 is 18.9 Å². The molecule has 0 saturated heterocycles.